The van der Waals surface area contributed by atoms with Crippen LogP contribution >= 0.6 is 0 Å². The van der Waals surface area contributed by atoms with Crippen molar-refractivity contribution in [2.45, 2.75) is 49.3 Å². The Labute approximate surface area is 120 Å². The number of aliphatic hydroxyl groups excluding tert-OH is 1. The summed E-state index contributed by atoms with van der Waals surface area (Å²) in [4.78, 5) is 0.212. The van der Waals surface area contributed by atoms with Crippen molar-refractivity contribution in [3.63, 3.8) is 0 Å². The Kier molecular flexibility index (Phi) is 4.80. The van der Waals surface area contributed by atoms with Gasteiger partial charge < -0.3 is 9.84 Å². The summed E-state index contributed by atoms with van der Waals surface area (Å²) >= 11 is 0. The highest BCUT2D eigenvalue weighted by Crippen LogP contribution is 2.24. The van der Waals surface area contributed by atoms with Gasteiger partial charge in [-0.05, 0) is 43.9 Å². The third-order valence-corrected chi connectivity index (χ3v) is 5.24. The van der Waals surface area contributed by atoms with Crippen LogP contribution in [0.2, 0.25) is 0 Å². The van der Waals surface area contributed by atoms with Crippen molar-refractivity contribution in [2.24, 2.45) is 0 Å². The van der Waals surface area contributed by atoms with E-state index >= 15 is 0 Å². The van der Waals surface area contributed by atoms with Crippen LogP contribution in [0.4, 0.5) is 0 Å². The number of nitrogens with one attached hydrogen (secondary N) is 1. The fraction of sp³-hybridized carbons (Fsp3) is 0.571. The molecule has 1 saturated carbocycles. The van der Waals surface area contributed by atoms with Crippen molar-refractivity contribution in [1.82, 2.24) is 4.72 Å². The van der Waals surface area contributed by atoms with E-state index in [9.17, 15) is 13.5 Å². The van der Waals surface area contributed by atoms with Gasteiger partial charge in [-0.15, -0.1) is 0 Å². The number of methoxy groups -OCH3 is 1. The Morgan fingerprint density at radius 1 is 1.30 bits per heavy atom. The van der Waals surface area contributed by atoms with E-state index < -0.39 is 16.1 Å². The molecule has 5 nitrogen and oxygen atoms in total. The number of ether oxygens (including phenoxy) is 1. The molecule has 1 fully saturated rings. The lowest BCUT2D eigenvalue weighted by Crippen LogP contribution is -2.40. The van der Waals surface area contributed by atoms with Gasteiger partial charge in [0.05, 0.1) is 17.1 Å². The van der Waals surface area contributed by atoms with Crippen LogP contribution < -0.4 is 4.72 Å². The zero-order valence-electron chi connectivity index (χ0n) is 11.7. The molecule has 0 aliphatic heterocycles. The van der Waals surface area contributed by atoms with Crippen LogP contribution in [0.15, 0.2) is 29.2 Å². The van der Waals surface area contributed by atoms with E-state index in [4.69, 9.17) is 4.74 Å². The van der Waals surface area contributed by atoms with Gasteiger partial charge in [0.2, 0.25) is 10.0 Å². The summed E-state index contributed by atoms with van der Waals surface area (Å²) in [5.74, 6) is 0. The van der Waals surface area contributed by atoms with E-state index in [1.807, 2.05) is 0 Å². The Hall–Kier alpha value is -0.950. The first kappa shape index (κ1) is 15.4. The van der Waals surface area contributed by atoms with Gasteiger partial charge >= 0.3 is 0 Å². The van der Waals surface area contributed by atoms with E-state index in [0.717, 1.165) is 19.3 Å². The van der Waals surface area contributed by atoms with Crippen LogP contribution in [-0.4, -0.2) is 32.8 Å². The Morgan fingerprint density at radius 3 is 2.50 bits per heavy atom. The first-order valence-corrected chi connectivity index (χ1v) is 8.25. The molecule has 112 valence electrons. The van der Waals surface area contributed by atoms with E-state index in [2.05, 4.69) is 4.72 Å². The largest absolute Gasteiger partial charge is 0.389 e. The fourth-order valence-electron chi connectivity index (χ4n) is 2.54. The van der Waals surface area contributed by atoms with E-state index in [-0.39, 0.29) is 17.0 Å². The van der Waals surface area contributed by atoms with Crippen LogP contribution in [0.5, 0.6) is 0 Å². The molecule has 0 spiro atoms. The maximum atomic E-state index is 12.3. The van der Waals surface area contributed by atoms with Gasteiger partial charge in [0.15, 0.2) is 0 Å². The lowest BCUT2D eigenvalue weighted by Gasteiger charge is -2.19. The minimum absolute atomic E-state index is 0.0542. The number of hydrogen-bond acceptors (Lipinski definition) is 4. The normalized spacial score (nSPS) is 24.8. The molecule has 1 aromatic carbocycles. The highest BCUT2D eigenvalue weighted by molar-refractivity contribution is 7.89. The maximum absolute atomic E-state index is 12.3. The van der Waals surface area contributed by atoms with Gasteiger partial charge in [0.25, 0.3) is 0 Å². The van der Waals surface area contributed by atoms with Crippen molar-refractivity contribution in [3.8, 4) is 0 Å². The minimum Gasteiger partial charge on any atom is -0.389 e. The highest BCUT2D eigenvalue weighted by atomic mass is 32.2. The Bertz CT molecular complexity index is 539. The molecule has 0 saturated heterocycles. The number of benzene rings is 1. The molecule has 0 aromatic heterocycles. The predicted octanol–water partition coefficient (Wildman–Crippen LogP) is 1.59. The molecule has 0 bridgehead atoms. The lowest BCUT2D eigenvalue weighted by molar-refractivity contribution is 0.0916. The van der Waals surface area contributed by atoms with Crippen LogP contribution in [0.25, 0.3) is 0 Å². The van der Waals surface area contributed by atoms with Gasteiger partial charge in [-0.25, -0.2) is 13.1 Å². The topological polar surface area (TPSA) is 75.6 Å². The van der Waals surface area contributed by atoms with Crippen LogP contribution in [0.1, 0.15) is 37.9 Å². The van der Waals surface area contributed by atoms with Crippen molar-refractivity contribution in [1.29, 1.82) is 0 Å². The van der Waals surface area contributed by atoms with Crippen molar-refractivity contribution in [2.75, 3.05) is 7.11 Å². The van der Waals surface area contributed by atoms with E-state index in [0.29, 0.717) is 5.56 Å². The average Bonchev–Trinajstić information content (AvgIpc) is 2.85. The van der Waals surface area contributed by atoms with Crippen LogP contribution in [-0.2, 0) is 14.8 Å². The number of aliphatic hydroxyl groups is 1. The second kappa shape index (κ2) is 6.22. The molecule has 20 heavy (non-hydrogen) atoms. The third kappa shape index (κ3) is 3.38. The molecule has 1 aromatic rings. The second-order valence-corrected chi connectivity index (χ2v) is 6.89. The SMILES string of the molecule is COC1CCCC1NS(=O)(=O)c1ccc(C(C)O)cc1. The quantitative estimate of drug-likeness (QED) is 0.865. The molecule has 0 heterocycles. The molecule has 0 amide bonds. The number of hydrogen-bond donors (Lipinski definition) is 2. The molecule has 2 N–H and O–H groups in total. The third-order valence-electron chi connectivity index (χ3n) is 3.73. The van der Waals surface area contributed by atoms with Gasteiger partial charge in [-0.2, -0.15) is 0 Å². The first-order valence-electron chi connectivity index (χ1n) is 6.77. The first-order chi connectivity index (χ1) is 9.44. The van der Waals surface area contributed by atoms with Crippen molar-refractivity contribution in [3.05, 3.63) is 29.8 Å². The van der Waals surface area contributed by atoms with Crippen LogP contribution in [0, 0.1) is 0 Å². The van der Waals surface area contributed by atoms with E-state index in [1.54, 1.807) is 26.2 Å². The van der Waals surface area contributed by atoms with Gasteiger partial charge in [-0.1, -0.05) is 12.1 Å². The van der Waals surface area contributed by atoms with Gasteiger partial charge in [0, 0.05) is 13.2 Å². The summed E-state index contributed by atoms with van der Waals surface area (Å²) in [5.41, 5.74) is 0.694. The highest BCUT2D eigenvalue weighted by Gasteiger charge is 2.31. The Balaban J connectivity index is 2.13. The summed E-state index contributed by atoms with van der Waals surface area (Å²) in [6.45, 7) is 1.64. The number of rotatable bonds is 5. The molecule has 3 unspecified atom stereocenters. The lowest BCUT2D eigenvalue weighted by atomic mass is 10.1. The second-order valence-electron chi connectivity index (χ2n) is 5.18. The van der Waals surface area contributed by atoms with Gasteiger partial charge in [-0.3, -0.25) is 0 Å². The zero-order chi connectivity index (χ0) is 14.8. The molecule has 6 heteroatoms. The Morgan fingerprint density at radius 2 is 1.95 bits per heavy atom. The van der Waals surface area contributed by atoms with E-state index in [1.165, 1.54) is 12.1 Å². The molecule has 3 atom stereocenters. The average molecular weight is 299 g/mol. The zero-order valence-corrected chi connectivity index (χ0v) is 12.6. The standard InChI is InChI=1S/C14H21NO4S/c1-10(16)11-6-8-12(9-7-11)20(17,18)15-13-4-3-5-14(13)19-2/h6-10,13-16H,3-5H2,1-2H3. The summed E-state index contributed by atoms with van der Waals surface area (Å²) in [6, 6.07) is 6.12. The summed E-state index contributed by atoms with van der Waals surface area (Å²) in [5, 5.41) is 9.43. The monoisotopic (exact) mass is 299 g/mol. The smallest absolute Gasteiger partial charge is 0.240 e. The molecule has 1 aliphatic carbocycles. The summed E-state index contributed by atoms with van der Waals surface area (Å²) in [7, 11) is -1.93. The minimum atomic E-state index is -3.54. The molecular weight excluding hydrogens is 278 g/mol. The molecule has 2 rings (SSSR count). The number of sulfonamides is 1. The van der Waals surface area contributed by atoms with Crippen molar-refractivity contribution >= 4 is 10.0 Å². The predicted molar refractivity (Wildman–Crippen MR) is 75.8 cm³/mol. The molecule has 0 radical (unpaired) electrons. The van der Waals surface area contributed by atoms with Crippen LogP contribution in [0.3, 0.4) is 0 Å². The summed E-state index contributed by atoms with van der Waals surface area (Å²) < 4.78 is 32.6. The maximum Gasteiger partial charge on any atom is 0.240 e. The fourth-order valence-corrected chi connectivity index (χ4v) is 3.83. The molecular formula is C14H21NO4S. The van der Waals surface area contributed by atoms with Crippen molar-refractivity contribution < 1.29 is 18.3 Å². The van der Waals surface area contributed by atoms with Gasteiger partial charge in [0.1, 0.15) is 0 Å². The summed E-state index contributed by atoms with van der Waals surface area (Å²) in [6.07, 6.45) is 1.98. The molecule has 1 aliphatic rings.